The lowest BCUT2D eigenvalue weighted by atomic mass is 10.2. The van der Waals surface area contributed by atoms with Crippen molar-refractivity contribution in [1.29, 1.82) is 0 Å². The molecule has 0 aromatic heterocycles. The van der Waals surface area contributed by atoms with E-state index in [1.165, 1.54) is 25.5 Å². The minimum absolute atomic E-state index is 0.0599. The van der Waals surface area contributed by atoms with Crippen molar-refractivity contribution >= 4 is 34.0 Å². The van der Waals surface area contributed by atoms with Crippen LogP contribution in [0.15, 0.2) is 70.2 Å². The van der Waals surface area contributed by atoms with Gasteiger partial charge in [-0.25, -0.2) is 10.2 Å². The molecule has 3 aromatic rings. The summed E-state index contributed by atoms with van der Waals surface area (Å²) in [5, 5.41) is 22.9. The first-order chi connectivity index (χ1) is 14.9. The number of benzene rings is 3. The predicted molar refractivity (Wildman–Crippen MR) is 117 cm³/mol. The Labute approximate surface area is 185 Å². The molecule has 0 saturated heterocycles. The summed E-state index contributed by atoms with van der Waals surface area (Å²) in [5.74, 6) is -0.963. The van der Waals surface area contributed by atoms with Gasteiger partial charge in [0, 0.05) is 16.1 Å². The molecule has 0 radical (unpaired) electrons. The number of methoxy groups -OCH3 is 1. The number of hydrazone groups is 1. The Balaban J connectivity index is 1.74. The largest absolute Gasteiger partial charge is 0.508 e. The maximum absolute atomic E-state index is 12.4. The van der Waals surface area contributed by atoms with E-state index in [9.17, 15) is 19.8 Å². The number of hydrogen-bond acceptors (Lipinski definition) is 7. The van der Waals surface area contributed by atoms with Crippen molar-refractivity contribution in [3.8, 4) is 23.0 Å². The zero-order valence-corrected chi connectivity index (χ0v) is 17.8. The van der Waals surface area contributed by atoms with Crippen LogP contribution in [-0.2, 0) is 0 Å². The van der Waals surface area contributed by atoms with E-state index in [1.807, 2.05) is 0 Å². The predicted octanol–water partition coefficient (Wildman–Crippen LogP) is 3.85. The molecule has 0 spiro atoms. The van der Waals surface area contributed by atoms with Gasteiger partial charge in [0.05, 0.1) is 24.5 Å². The topological polar surface area (TPSA) is 117 Å². The second-order valence-electron chi connectivity index (χ2n) is 6.20. The van der Waals surface area contributed by atoms with Gasteiger partial charge in [-0.1, -0.05) is 15.9 Å². The molecule has 0 aliphatic rings. The minimum Gasteiger partial charge on any atom is -0.508 e. The van der Waals surface area contributed by atoms with Gasteiger partial charge >= 0.3 is 5.97 Å². The van der Waals surface area contributed by atoms with Crippen molar-refractivity contribution in [3.05, 3.63) is 81.8 Å². The van der Waals surface area contributed by atoms with E-state index >= 15 is 0 Å². The Morgan fingerprint density at radius 2 is 1.77 bits per heavy atom. The van der Waals surface area contributed by atoms with Crippen molar-refractivity contribution in [3.63, 3.8) is 0 Å². The number of carbonyl (C=O) groups excluding carboxylic acids is 2. The minimum atomic E-state index is -0.680. The van der Waals surface area contributed by atoms with Gasteiger partial charge in [0.2, 0.25) is 0 Å². The Kier molecular flexibility index (Phi) is 6.88. The quantitative estimate of drug-likeness (QED) is 0.211. The number of esters is 1. The maximum atomic E-state index is 12.4. The average Bonchev–Trinajstić information content (AvgIpc) is 2.75. The lowest BCUT2D eigenvalue weighted by Gasteiger charge is -2.09. The summed E-state index contributed by atoms with van der Waals surface area (Å²) in [4.78, 5) is 24.6. The highest BCUT2D eigenvalue weighted by Gasteiger charge is 2.13. The number of amides is 1. The fraction of sp³-hybridized carbons (Fsp3) is 0.0455. The number of hydrogen-bond donors (Lipinski definition) is 3. The first-order valence-corrected chi connectivity index (χ1v) is 9.68. The molecule has 158 valence electrons. The Bertz CT molecular complexity index is 1150. The van der Waals surface area contributed by atoms with Crippen LogP contribution in [0.5, 0.6) is 23.0 Å². The molecule has 31 heavy (non-hydrogen) atoms. The number of rotatable bonds is 6. The van der Waals surface area contributed by atoms with Gasteiger partial charge in [-0.3, -0.25) is 4.79 Å². The summed E-state index contributed by atoms with van der Waals surface area (Å²) in [5.41, 5.74) is 2.97. The van der Waals surface area contributed by atoms with Gasteiger partial charge in [0.25, 0.3) is 5.91 Å². The van der Waals surface area contributed by atoms with Gasteiger partial charge in [0.15, 0.2) is 0 Å². The van der Waals surface area contributed by atoms with Crippen molar-refractivity contribution in [2.75, 3.05) is 7.11 Å². The molecule has 0 aliphatic heterocycles. The van der Waals surface area contributed by atoms with E-state index in [0.717, 1.165) is 6.07 Å². The molecule has 9 heteroatoms. The Morgan fingerprint density at radius 3 is 2.45 bits per heavy atom. The van der Waals surface area contributed by atoms with E-state index in [-0.39, 0.29) is 22.8 Å². The standard InChI is InChI=1S/C22H17BrN2O6/c1-30-17-6-2-13(3-7-17)22(29)31-20-9-4-15(23)10-14(20)12-24-25-21(28)18-8-5-16(26)11-19(18)27/h2-12,26-27H,1H3,(H,25,28). The molecule has 0 fully saturated rings. The number of phenols is 2. The first-order valence-electron chi connectivity index (χ1n) is 8.88. The van der Waals surface area contributed by atoms with Crippen LogP contribution in [0.2, 0.25) is 0 Å². The third-order valence-corrected chi connectivity index (χ3v) is 4.59. The summed E-state index contributed by atoms with van der Waals surface area (Å²) >= 11 is 3.34. The highest BCUT2D eigenvalue weighted by Crippen LogP contribution is 2.24. The molecule has 1 amide bonds. The highest BCUT2D eigenvalue weighted by atomic mass is 79.9. The molecular weight excluding hydrogens is 468 g/mol. The number of halogens is 1. The fourth-order valence-corrected chi connectivity index (χ4v) is 2.91. The third kappa shape index (κ3) is 5.61. The normalized spacial score (nSPS) is 10.6. The summed E-state index contributed by atoms with van der Waals surface area (Å²) in [6.07, 6.45) is 1.30. The van der Waals surface area contributed by atoms with Crippen LogP contribution in [0.1, 0.15) is 26.3 Å². The van der Waals surface area contributed by atoms with E-state index in [4.69, 9.17) is 9.47 Å². The van der Waals surface area contributed by atoms with E-state index in [0.29, 0.717) is 21.3 Å². The maximum Gasteiger partial charge on any atom is 0.343 e. The molecule has 3 N–H and O–H groups in total. The highest BCUT2D eigenvalue weighted by molar-refractivity contribution is 9.10. The van der Waals surface area contributed by atoms with E-state index < -0.39 is 11.9 Å². The van der Waals surface area contributed by atoms with Crippen LogP contribution in [-0.4, -0.2) is 35.4 Å². The number of carbonyl (C=O) groups is 2. The zero-order chi connectivity index (χ0) is 22.4. The number of phenolic OH excluding ortho intramolecular Hbond substituents is 2. The van der Waals surface area contributed by atoms with Crippen LogP contribution in [0, 0.1) is 0 Å². The molecule has 0 unspecified atom stereocenters. The Hall–Kier alpha value is -3.85. The van der Waals surface area contributed by atoms with Gasteiger partial charge in [-0.2, -0.15) is 5.10 Å². The third-order valence-electron chi connectivity index (χ3n) is 4.10. The van der Waals surface area contributed by atoms with Crippen LogP contribution < -0.4 is 14.9 Å². The van der Waals surface area contributed by atoms with Crippen LogP contribution in [0.3, 0.4) is 0 Å². The summed E-state index contributed by atoms with van der Waals surface area (Å²) in [6, 6.07) is 15.0. The average molecular weight is 485 g/mol. The first kappa shape index (κ1) is 21.8. The number of ether oxygens (including phenoxy) is 2. The van der Waals surface area contributed by atoms with Crippen molar-refractivity contribution < 1.29 is 29.3 Å². The van der Waals surface area contributed by atoms with Crippen molar-refractivity contribution in [2.45, 2.75) is 0 Å². The molecule has 3 rings (SSSR count). The van der Waals surface area contributed by atoms with Gasteiger partial charge in [0.1, 0.15) is 23.0 Å². The fourth-order valence-electron chi connectivity index (χ4n) is 2.53. The second kappa shape index (κ2) is 9.77. The SMILES string of the molecule is COc1ccc(C(=O)Oc2ccc(Br)cc2C=NNC(=O)c2ccc(O)cc2O)cc1. The van der Waals surface area contributed by atoms with Crippen LogP contribution in [0.4, 0.5) is 0 Å². The van der Waals surface area contributed by atoms with Crippen LogP contribution in [0.25, 0.3) is 0 Å². The lowest BCUT2D eigenvalue weighted by molar-refractivity contribution is 0.0734. The molecule has 8 nitrogen and oxygen atoms in total. The molecule has 0 saturated carbocycles. The van der Waals surface area contributed by atoms with Gasteiger partial charge in [-0.15, -0.1) is 0 Å². The monoisotopic (exact) mass is 484 g/mol. The van der Waals surface area contributed by atoms with Crippen molar-refractivity contribution in [2.24, 2.45) is 5.10 Å². The number of nitrogens with zero attached hydrogens (tertiary/aromatic N) is 1. The molecular formula is C22H17BrN2O6. The molecule has 0 aliphatic carbocycles. The molecule has 3 aromatic carbocycles. The second-order valence-corrected chi connectivity index (χ2v) is 7.12. The summed E-state index contributed by atoms with van der Waals surface area (Å²) in [6.45, 7) is 0. The number of nitrogens with one attached hydrogen (secondary N) is 1. The smallest absolute Gasteiger partial charge is 0.343 e. The zero-order valence-electron chi connectivity index (χ0n) is 16.2. The molecule has 0 atom stereocenters. The number of aromatic hydroxyl groups is 2. The van der Waals surface area contributed by atoms with E-state index in [2.05, 4.69) is 26.5 Å². The van der Waals surface area contributed by atoms with Crippen molar-refractivity contribution in [1.82, 2.24) is 5.43 Å². The van der Waals surface area contributed by atoms with Crippen LogP contribution >= 0.6 is 15.9 Å². The Morgan fingerprint density at radius 1 is 1.03 bits per heavy atom. The lowest BCUT2D eigenvalue weighted by Crippen LogP contribution is -2.18. The summed E-state index contributed by atoms with van der Waals surface area (Å²) < 4.78 is 11.2. The van der Waals surface area contributed by atoms with Gasteiger partial charge in [-0.05, 0) is 54.6 Å². The molecule has 0 bridgehead atoms. The van der Waals surface area contributed by atoms with Gasteiger partial charge < -0.3 is 19.7 Å². The van der Waals surface area contributed by atoms with E-state index in [1.54, 1.807) is 42.5 Å². The summed E-state index contributed by atoms with van der Waals surface area (Å²) in [7, 11) is 1.53. The molecule has 0 heterocycles.